The van der Waals surface area contributed by atoms with Crippen LogP contribution in [0.1, 0.15) is 26.2 Å². The van der Waals surface area contributed by atoms with Gasteiger partial charge in [0.05, 0.1) is 5.25 Å². The van der Waals surface area contributed by atoms with Gasteiger partial charge in [-0.15, -0.1) is 0 Å². The van der Waals surface area contributed by atoms with Crippen LogP contribution in [0.4, 0.5) is 0 Å². The number of sulfonamides is 1. The third-order valence-corrected chi connectivity index (χ3v) is 3.80. The van der Waals surface area contributed by atoms with Gasteiger partial charge in [0, 0.05) is 6.04 Å². The standard InChI is InChI=1S/C7H16N2O2S/c1-6(12(8,10)11)7-4-2-3-5-9-7/h6-7,9H,2-5H2,1H3,(H2,8,10,11). The van der Waals surface area contributed by atoms with Crippen LogP contribution in [0, 0.1) is 0 Å². The van der Waals surface area contributed by atoms with Crippen LogP contribution in [0.3, 0.4) is 0 Å². The molecule has 3 N–H and O–H groups in total. The largest absolute Gasteiger partial charge is 0.313 e. The van der Waals surface area contributed by atoms with Gasteiger partial charge in [0.2, 0.25) is 10.0 Å². The number of rotatable bonds is 2. The molecule has 0 amide bonds. The van der Waals surface area contributed by atoms with Crippen molar-refractivity contribution in [2.45, 2.75) is 37.5 Å². The highest BCUT2D eigenvalue weighted by atomic mass is 32.2. The summed E-state index contributed by atoms with van der Waals surface area (Å²) in [5, 5.41) is 7.75. The summed E-state index contributed by atoms with van der Waals surface area (Å²) >= 11 is 0. The van der Waals surface area contributed by atoms with E-state index in [9.17, 15) is 8.42 Å². The Labute approximate surface area is 73.6 Å². The van der Waals surface area contributed by atoms with Crippen molar-refractivity contribution < 1.29 is 8.42 Å². The van der Waals surface area contributed by atoms with Crippen molar-refractivity contribution in [2.24, 2.45) is 5.14 Å². The molecule has 0 saturated carbocycles. The minimum absolute atomic E-state index is 0.0498. The van der Waals surface area contributed by atoms with Crippen LogP contribution < -0.4 is 10.5 Å². The minimum atomic E-state index is -3.36. The van der Waals surface area contributed by atoms with Crippen molar-refractivity contribution in [1.82, 2.24) is 5.32 Å². The van der Waals surface area contributed by atoms with Gasteiger partial charge < -0.3 is 5.32 Å². The minimum Gasteiger partial charge on any atom is -0.313 e. The first-order chi connectivity index (χ1) is 5.52. The van der Waals surface area contributed by atoms with Crippen molar-refractivity contribution in [3.8, 4) is 0 Å². The first-order valence-corrected chi connectivity index (χ1v) is 5.88. The van der Waals surface area contributed by atoms with E-state index in [1.54, 1.807) is 6.92 Å². The average molecular weight is 192 g/mol. The quantitative estimate of drug-likeness (QED) is 0.636. The van der Waals surface area contributed by atoms with Gasteiger partial charge in [0.1, 0.15) is 0 Å². The Bertz CT molecular complexity index is 232. The van der Waals surface area contributed by atoms with Gasteiger partial charge in [0.15, 0.2) is 0 Å². The van der Waals surface area contributed by atoms with Gasteiger partial charge in [0.25, 0.3) is 0 Å². The fraction of sp³-hybridized carbons (Fsp3) is 1.00. The molecule has 0 bridgehead atoms. The lowest BCUT2D eigenvalue weighted by Crippen LogP contribution is -2.47. The zero-order valence-corrected chi connectivity index (χ0v) is 8.10. The lowest BCUT2D eigenvalue weighted by atomic mass is 10.0. The van der Waals surface area contributed by atoms with Crippen LogP contribution in [0.15, 0.2) is 0 Å². The Hall–Kier alpha value is -0.130. The molecule has 0 aromatic rings. The van der Waals surface area contributed by atoms with Crippen molar-refractivity contribution >= 4 is 10.0 Å². The second-order valence-corrected chi connectivity index (χ2v) is 5.27. The van der Waals surface area contributed by atoms with Gasteiger partial charge in [-0.2, -0.15) is 0 Å². The summed E-state index contributed by atoms with van der Waals surface area (Å²) in [7, 11) is -3.36. The summed E-state index contributed by atoms with van der Waals surface area (Å²) in [6, 6.07) is 0.0498. The lowest BCUT2D eigenvalue weighted by Gasteiger charge is -2.27. The summed E-state index contributed by atoms with van der Waals surface area (Å²) in [6.45, 7) is 2.57. The number of primary sulfonamides is 1. The SMILES string of the molecule is CC(C1CCCCN1)S(N)(=O)=O. The van der Waals surface area contributed by atoms with Gasteiger partial charge in [-0.3, -0.25) is 0 Å². The van der Waals surface area contributed by atoms with Crippen molar-refractivity contribution in [3.63, 3.8) is 0 Å². The summed E-state index contributed by atoms with van der Waals surface area (Å²) in [5.41, 5.74) is 0. The number of piperidine rings is 1. The molecule has 0 aromatic heterocycles. The zero-order chi connectivity index (χ0) is 9.19. The Morgan fingerprint density at radius 2 is 2.17 bits per heavy atom. The molecule has 1 fully saturated rings. The topological polar surface area (TPSA) is 72.2 Å². The normalized spacial score (nSPS) is 28.3. The van der Waals surface area contributed by atoms with Gasteiger partial charge >= 0.3 is 0 Å². The van der Waals surface area contributed by atoms with Crippen LogP contribution in [0.2, 0.25) is 0 Å². The summed E-state index contributed by atoms with van der Waals surface area (Å²) < 4.78 is 21.9. The number of hydrogen-bond acceptors (Lipinski definition) is 3. The predicted octanol–water partition coefficient (Wildman–Crippen LogP) is -0.194. The third kappa shape index (κ3) is 2.43. The van der Waals surface area contributed by atoms with E-state index in [1.165, 1.54) is 0 Å². The predicted molar refractivity (Wildman–Crippen MR) is 48.2 cm³/mol. The van der Waals surface area contributed by atoms with E-state index in [-0.39, 0.29) is 6.04 Å². The van der Waals surface area contributed by atoms with Crippen molar-refractivity contribution in [2.75, 3.05) is 6.54 Å². The highest BCUT2D eigenvalue weighted by Gasteiger charge is 2.27. The van der Waals surface area contributed by atoms with Crippen LogP contribution >= 0.6 is 0 Å². The molecule has 0 aliphatic carbocycles. The molecule has 1 aliphatic heterocycles. The summed E-state index contributed by atoms with van der Waals surface area (Å²) in [6.07, 6.45) is 3.14. The zero-order valence-electron chi connectivity index (χ0n) is 7.29. The van der Waals surface area contributed by atoms with E-state index in [2.05, 4.69) is 5.32 Å². The van der Waals surface area contributed by atoms with Gasteiger partial charge in [-0.25, -0.2) is 13.6 Å². The molecular weight excluding hydrogens is 176 g/mol. The molecule has 4 nitrogen and oxygen atoms in total. The molecule has 1 heterocycles. The average Bonchev–Trinajstić information content (AvgIpc) is 2.03. The van der Waals surface area contributed by atoms with Crippen LogP contribution in [-0.2, 0) is 10.0 Å². The molecule has 1 rings (SSSR count). The fourth-order valence-electron chi connectivity index (χ4n) is 1.51. The number of hydrogen-bond donors (Lipinski definition) is 2. The van der Waals surface area contributed by atoms with E-state index in [0.29, 0.717) is 0 Å². The first-order valence-electron chi connectivity index (χ1n) is 4.27. The molecule has 0 spiro atoms. The smallest absolute Gasteiger partial charge is 0.213 e. The van der Waals surface area contributed by atoms with E-state index in [0.717, 1.165) is 25.8 Å². The molecule has 2 atom stereocenters. The van der Waals surface area contributed by atoms with E-state index < -0.39 is 15.3 Å². The molecule has 12 heavy (non-hydrogen) atoms. The molecular formula is C7H16N2O2S. The second-order valence-electron chi connectivity index (χ2n) is 3.35. The summed E-state index contributed by atoms with van der Waals surface area (Å²) in [4.78, 5) is 0. The van der Waals surface area contributed by atoms with Crippen LogP contribution in [0.25, 0.3) is 0 Å². The van der Waals surface area contributed by atoms with E-state index >= 15 is 0 Å². The molecule has 1 aliphatic rings. The maximum atomic E-state index is 11.0. The Kier molecular flexibility index (Phi) is 3.09. The highest BCUT2D eigenvalue weighted by molar-refractivity contribution is 7.89. The van der Waals surface area contributed by atoms with Crippen LogP contribution in [-0.4, -0.2) is 26.3 Å². The summed E-state index contributed by atoms with van der Waals surface area (Å²) in [5.74, 6) is 0. The second kappa shape index (κ2) is 3.72. The van der Waals surface area contributed by atoms with Crippen molar-refractivity contribution in [3.05, 3.63) is 0 Å². The lowest BCUT2D eigenvalue weighted by molar-refractivity contribution is 0.390. The van der Waals surface area contributed by atoms with Crippen LogP contribution in [0.5, 0.6) is 0 Å². The first kappa shape index (κ1) is 9.95. The van der Waals surface area contributed by atoms with E-state index in [1.807, 2.05) is 0 Å². The van der Waals surface area contributed by atoms with E-state index in [4.69, 9.17) is 5.14 Å². The number of nitrogens with one attached hydrogen (secondary N) is 1. The third-order valence-electron chi connectivity index (χ3n) is 2.43. The van der Waals surface area contributed by atoms with Gasteiger partial charge in [-0.1, -0.05) is 6.42 Å². The molecule has 2 unspecified atom stereocenters. The monoisotopic (exact) mass is 192 g/mol. The highest BCUT2D eigenvalue weighted by Crippen LogP contribution is 2.13. The molecule has 0 radical (unpaired) electrons. The Morgan fingerprint density at radius 1 is 1.50 bits per heavy atom. The number of nitrogens with two attached hydrogens (primary N) is 1. The van der Waals surface area contributed by atoms with Crippen molar-refractivity contribution in [1.29, 1.82) is 0 Å². The molecule has 5 heteroatoms. The Balaban J connectivity index is 2.57. The molecule has 1 saturated heterocycles. The van der Waals surface area contributed by atoms with Gasteiger partial charge in [-0.05, 0) is 26.3 Å². The molecule has 72 valence electrons. The maximum Gasteiger partial charge on any atom is 0.213 e. The maximum absolute atomic E-state index is 11.0. The fourth-order valence-corrected chi connectivity index (χ4v) is 2.20. The molecule has 0 aromatic carbocycles. The Morgan fingerprint density at radius 3 is 2.58 bits per heavy atom.